The molecule has 9 rings (SSSR count). The predicted octanol–water partition coefficient (Wildman–Crippen LogP) is 10.1. The van der Waals surface area contributed by atoms with Gasteiger partial charge in [0.2, 0.25) is 0 Å². The number of nitrogens with zero attached hydrogens (tertiary/aromatic N) is 1. The first-order chi connectivity index (χ1) is 17.4. The van der Waals surface area contributed by atoms with Crippen LogP contribution in [0.3, 0.4) is 0 Å². The first-order valence-electron chi connectivity index (χ1n) is 11.9. The first kappa shape index (κ1) is 18.4. The van der Waals surface area contributed by atoms with E-state index in [1.165, 1.54) is 78.3 Å². The molecule has 0 aliphatic heterocycles. The summed E-state index contributed by atoms with van der Waals surface area (Å²) in [5.41, 5.74) is 2.59. The lowest BCUT2D eigenvalue weighted by Gasteiger charge is -2.12. The molecular formula is C32H17NS2. The van der Waals surface area contributed by atoms with Gasteiger partial charge < -0.3 is 4.40 Å². The number of thiophene rings is 2. The van der Waals surface area contributed by atoms with Crippen molar-refractivity contribution in [2.45, 2.75) is 0 Å². The smallest absolute Gasteiger partial charge is 0.0614 e. The topological polar surface area (TPSA) is 4.41 Å². The van der Waals surface area contributed by atoms with Crippen LogP contribution in [0.25, 0.3) is 78.3 Å². The van der Waals surface area contributed by atoms with Gasteiger partial charge in [-0.1, -0.05) is 78.9 Å². The minimum Gasteiger partial charge on any atom is -0.315 e. The highest BCUT2D eigenvalue weighted by molar-refractivity contribution is 7.28. The fourth-order valence-electron chi connectivity index (χ4n) is 6.08. The van der Waals surface area contributed by atoms with Gasteiger partial charge in [0.25, 0.3) is 0 Å². The first-order valence-corrected chi connectivity index (χ1v) is 13.5. The zero-order chi connectivity index (χ0) is 22.7. The highest BCUT2D eigenvalue weighted by Gasteiger charge is 2.19. The lowest BCUT2D eigenvalue weighted by Crippen LogP contribution is -1.90. The molecule has 0 bridgehead atoms. The summed E-state index contributed by atoms with van der Waals surface area (Å²) in [6.45, 7) is 0. The molecule has 4 heterocycles. The Hall–Kier alpha value is -3.92. The van der Waals surface area contributed by atoms with Gasteiger partial charge in [-0.25, -0.2) is 0 Å². The summed E-state index contributed by atoms with van der Waals surface area (Å²) >= 11 is 3.86. The van der Waals surface area contributed by atoms with Gasteiger partial charge in [0.1, 0.15) is 0 Å². The van der Waals surface area contributed by atoms with Gasteiger partial charge in [0.05, 0.1) is 11.0 Å². The normalized spacial score (nSPS) is 12.6. The maximum atomic E-state index is 2.44. The molecule has 4 aromatic heterocycles. The average molecular weight is 480 g/mol. The molecule has 0 spiro atoms. The Morgan fingerprint density at radius 3 is 1.77 bits per heavy atom. The minimum atomic E-state index is 1.28. The van der Waals surface area contributed by atoms with E-state index in [0.717, 1.165) is 0 Å². The van der Waals surface area contributed by atoms with Gasteiger partial charge in [-0.05, 0) is 18.2 Å². The molecule has 162 valence electrons. The van der Waals surface area contributed by atoms with E-state index >= 15 is 0 Å². The van der Waals surface area contributed by atoms with E-state index in [4.69, 9.17) is 0 Å². The Labute approximate surface area is 208 Å². The van der Waals surface area contributed by atoms with Crippen LogP contribution in [0, 0.1) is 0 Å². The molecule has 5 aromatic carbocycles. The number of rotatable bonds is 0. The SMILES string of the molecule is c1ccc2c(c1)cn1c3ccc4c5ccccc5sc4c3c3c(ccc4c5ccccc5sc43)c21. The second-order valence-corrected chi connectivity index (χ2v) is 11.4. The summed E-state index contributed by atoms with van der Waals surface area (Å²) < 4.78 is 7.92. The van der Waals surface area contributed by atoms with Crippen LogP contribution in [0.1, 0.15) is 0 Å². The van der Waals surface area contributed by atoms with Crippen molar-refractivity contribution in [3.05, 3.63) is 103 Å². The van der Waals surface area contributed by atoms with Crippen LogP contribution in [0.5, 0.6) is 0 Å². The molecular weight excluding hydrogens is 462 g/mol. The van der Waals surface area contributed by atoms with E-state index in [0.29, 0.717) is 0 Å². The summed E-state index contributed by atoms with van der Waals surface area (Å²) in [6.07, 6.45) is 2.32. The summed E-state index contributed by atoms with van der Waals surface area (Å²) in [5.74, 6) is 0. The van der Waals surface area contributed by atoms with Crippen LogP contribution in [0.4, 0.5) is 0 Å². The molecule has 0 saturated heterocycles. The van der Waals surface area contributed by atoms with Crippen molar-refractivity contribution in [2.75, 3.05) is 0 Å². The highest BCUT2D eigenvalue weighted by Crippen LogP contribution is 2.47. The van der Waals surface area contributed by atoms with Crippen LogP contribution in [-0.4, -0.2) is 4.40 Å². The van der Waals surface area contributed by atoms with Crippen molar-refractivity contribution in [3.8, 4) is 0 Å². The fourth-order valence-corrected chi connectivity index (χ4v) is 8.59. The maximum absolute atomic E-state index is 2.44. The Kier molecular flexibility index (Phi) is 3.36. The molecule has 0 unspecified atom stereocenters. The Bertz CT molecular complexity index is 2330. The molecule has 0 aliphatic rings. The second-order valence-electron chi connectivity index (χ2n) is 9.33. The van der Waals surface area contributed by atoms with Gasteiger partial charge in [-0.15, -0.1) is 22.7 Å². The molecule has 1 nitrogen and oxygen atoms in total. The number of fused-ring (bicyclic) bond motifs is 16. The van der Waals surface area contributed by atoms with Gasteiger partial charge >= 0.3 is 0 Å². The Balaban J connectivity index is 1.68. The number of pyridine rings is 1. The lowest BCUT2D eigenvalue weighted by molar-refractivity contribution is 1.30. The van der Waals surface area contributed by atoms with E-state index in [9.17, 15) is 0 Å². The lowest BCUT2D eigenvalue weighted by atomic mass is 9.99. The molecule has 35 heavy (non-hydrogen) atoms. The summed E-state index contributed by atoms with van der Waals surface area (Å²) in [5, 5.41) is 12.1. The van der Waals surface area contributed by atoms with E-state index in [1.807, 2.05) is 22.7 Å². The largest absolute Gasteiger partial charge is 0.315 e. The quantitative estimate of drug-likeness (QED) is 0.191. The van der Waals surface area contributed by atoms with Gasteiger partial charge in [-0.2, -0.15) is 0 Å². The van der Waals surface area contributed by atoms with Crippen LogP contribution in [0.15, 0.2) is 103 Å². The third-order valence-electron chi connectivity index (χ3n) is 7.56. The van der Waals surface area contributed by atoms with Crippen LogP contribution >= 0.6 is 22.7 Å². The number of hydrogen-bond acceptors (Lipinski definition) is 2. The third kappa shape index (κ3) is 2.23. The maximum Gasteiger partial charge on any atom is 0.0614 e. The van der Waals surface area contributed by atoms with Crippen molar-refractivity contribution >= 4 is 101 Å². The molecule has 9 aromatic rings. The van der Waals surface area contributed by atoms with Crippen molar-refractivity contribution in [1.82, 2.24) is 4.40 Å². The molecule has 0 radical (unpaired) electrons. The van der Waals surface area contributed by atoms with E-state index < -0.39 is 0 Å². The van der Waals surface area contributed by atoms with Crippen molar-refractivity contribution in [2.24, 2.45) is 0 Å². The van der Waals surface area contributed by atoms with Crippen molar-refractivity contribution < 1.29 is 0 Å². The molecule has 3 heteroatoms. The van der Waals surface area contributed by atoms with Gasteiger partial charge in [0.15, 0.2) is 0 Å². The van der Waals surface area contributed by atoms with Crippen molar-refractivity contribution in [1.29, 1.82) is 0 Å². The standard InChI is InChI=1S/C32H17NS2/c1-2-8-19-18(7-1)17-33-25-16-15-23-21-10-4-6-12-27(21)35-32(23)29(25)28-24(30(19)33)14-13-22-20-9-3-5-11-26(20)34-31(22)28/h1-17H. The van der Waals surface area contributed by atoms with Crippen LogP contribution in [-0.2, 0) is 0 Å². The van der Waals surface area contributed by atoms with Crippen molar-refractivity contribution in [3.63, 3.8) is 0 Å². The molecule has 0 saturated carbocycles. The Morgan fingerprint density at radius 2 is 1.03 bits per heavy atom. The van der Waals surface area contributed by atoms with E-state index in [1.54, 1.807) is 0 Å². The van der Waals surface area contributed by atoms with E-state index in [-0.39, 0.29) is 0 Å². The number of aromatic nitrogens is 1. The second kappa shape index (κ2) is 6.39. The summed E-state index contributed by atoms with van der Waals surface area (Å²) in [4.78, 5) is 0. The van der Waals surface area contributed by atoms with Crippen LogP contribution in [0.2, 0.25) is 0 Å². The number of benzene rings is 5. The number of hydrogen-bond donors (Lipinski definition) is 0. The monoisotopic (exact) mass is 479 g/mol. The van der Waals surface area contributed by atoms with E-state index in [2.05, 4.69) is 108 Å². The van der Waals surface area contributed by atoms with Gasteiger partial charge in [-0.3, -0.25) is 0 Å². The molecule has 0 fully saturated rings. The Morgan fingerprint density at radius 1 is 0.457 bits per heavy atom. The highest BCUT2D eigenvalue weighted by atomic mass is 32.1. The van der Waals surface area contributed by atoms with Crippen LogP contribution < -0.4 is 0 Å². The fraction of sp³-hybridized carbons (Fsp3) is 0. The average Bonchev–Trinajstić information content (AvgIpc) is 3.59. The zero-order valence-electron chi connectivity index (χ0n) is 18.6. The predicted molar refractivity (Wildman–Crippen MR) is 156 cm³/mol. The molecule has 0 N–H and O–H groups in total. The molecule has 0 atom stereocenters. The molecule has 0 aliphatic carbocycles. The summed E-state index contributed by atoms with van der Waals surface area (Å²) in [6, 6.07) is 35.8. The summed E-state index contributed by atoms with van der Waals surface area (Å²) in [7, 11) is 0. The minimum absolute atomic E-state index is 1.28. The van der Waals surface area contributed by atoms with Gasteiger partial charge in [0, 0.05) is 73.5 Å². The molecule has 0 amide bonds. The third-order valence-corrected chi connectivity index (χ3v) is 9.97. The zero-order valence-corrected chi connectivity index (χ0v) is 20.2.